The Labute approximate surface area is 161 Å². The lowest BCUT2D eigenvalue weighted by Gasteiger charge is -2.12. The lowest BCUT2D eigenvalue weighted by atomic mass is 10.1. The summed E-state index contributed by atoms with van der Waals surface area (Å²) in [6, 6.07) is 7.20. The van der Waals surface area contributed by atoms with Gasteiger partial charge in [-0.3, -0.25) is 4.79 Å². The summed E-state index contributed by atoms with van der Waals surface area (Å²) in [7, 11) is 0. The van der Waals surface area contributed by atoms with Crippen LogP contribution < -0.4 is 10.3 Å². The topological polar surface area (TPSA) is 110 Å². The van der Waals surface area contributed by atoms with E-state index in [0.29, 0.717) is 34.6 Å². The molecule has 0 saturated heterocycles. The van der Waals surface area contributed by atoms with Gasteiger partial charge >= 0.3 is 5.97 Å². The number of aryl methyl sites for hydroxylation is 1. The number of rotatable bonds is 6. The first-order valence-corrected chi connectivity index (χ1v) is 9.54. The molecule has 2 heterocycles. The van der Waals surface area contributed by atoms with Gasteiger partial charge in [-0.1, -0.05) is 31.9 Å². The standard InChI is InChI=1S/C20H22N4O4/c1-2-14-17-19(24(23-14)12-7-3-4-8-12)21-18(22-20(17)27)13-9-5-6-10-15(13)28-11-16(25)26/h5-6,9-10,12H,2-4,7-8,11H2,1H3,(H,25,26)(H,21,22,27). The Balaban J connectivity index is 1.87. The largest absolute Gasteiger partial charge is 0.481 e. The minimum absolute atomic E-state index is 0.242. The predicted octanol–water partition coefficient (Wildman–Crippen LogP) is 2.93. The summed E-state index contributed by atoms with van der Waals surface area (Å²) in [5, 5.41) is 14.1. The molecule has 1 aliphatic carbocycles. The lowest BCUT2D eigenvalue weighted by molar-refractivity contribution is -0.139. The van der Waals surface area contributed by atoms with Gasteiger partial charge in [0.25, 0.3) is 5.56 Å². The molecule has 8 heteroatoms. The highest BCUT2D eigenvalue weighted by Gasteiger charge is 2.24. The number of aromatic amines is 1. The highest BCUT2D eigenvalue weighted by atomic mass is 16.5. The zero-order valence-corrected chi connectivity index (χ0v) is 15.6. The number of carboxylic acid groups (broad SMARTS) is 1. The number of carboxylic acids is 1. The number of hydrogen-bond acceptors (Lipinski definition) is 5. The van der Waals surface area contributed by atoms with Crippen LogP contribution in [0.2, 0.25) is 0 Å². The summed E-state index contributed by atoms with van der Waals surface area (Å²) >= 11 is 0. The number of nitrogens with zero attached hydrogens (tertiary/aromatic N) is 3. The van der Waals surface area contributed by atoms with E-state index in [0.717, 1.165) is 31.4 Å². The zero-order valence-electron chi connectivity index (χ0n) is 15.6. The molecule has 0 radical (unpaired) electrons. The molecule has 0 unspecified atom stereocenters. The number of aliphatic carboxylic acids is 1. The monoisotopic (exact) mass is 382 g/mol. The summed E-state index contributed by atoms with van der Waals surface area (Å²) in [4.78, 5) is 31.3. The van der Waals surface area contributed by atoms with Gasteiger partial charge in [-0.05, 0) is 31.4 Å². The predicted molar refractivity (Wildman–Crippen MR) is 104 cm³/mol. The Morgan fingerprint density at radius 1 is 1.32 bits per heavy atom. The SMILES string of the molecule is CCc1nn(C2CCCC2)c2nc(-c3ccccc3OCC(=O)O)[nH]c(=O)c12. The number of H-pyrrole nitrogens is 1. The molecule has 1 aromatic carbocycles. The molecular formula is C20H22N4O4. The Morgan fingerprint density at radius 3 is 2.79 bits per heavy atom. The molecule has 0 aliphatic heterocycles. The van der Waals surface area contributed by atoms with Crippen molar-refractivity contribution in [2.75, 3.05) is 6.61 Å². The van der Waals surface area contributed by atoms with Crippen LogP contribution in [-0.4, -0.2) is 37.4 Å². The van der Waals surface area contributed by atoms with E-state index in [1.807, 2.05) is 11.6 Å². The number of aromatic nitrogens is 4. The average Bonchev–Trinajstić information content (AvgIpc) is 3.34. The number of nitrogens with one attached hydrogen (secondary N) is 1. The molecule has 0 spiro atoms. The van der Waals surface area contributed by atoms with Crippen LogP contribution in [0.1, 0.15) is 44.3 Å². The van der Waals surface area contributed by atoms with E-state index >= 15 is 0 Å². The van der Waals surface area contributed by atoms with Crippen molar-refractivity contribution in [3.63, 3.8) is 0 Å². The summed E-state index contributed by atoms with van der Waals surface area (Å²) in [6.45, 7) is 1.51. The van der Waals surface area contributed by atoms with E-state index in [2.05, 4.69) is 4.98 Å². The molecule has 8 nitrogen and oxygen atoms in total. The lowest BCUT2D eigenvalue weighted by Crippen LogP contribution is -2.14. The van der Waals surface area contributed by atoms with Crippen LogP contribution in [0.25, 0.3) is 22.4 Å². The minimum atomic E-state index is -1.07. The van der Waals surface area contributed by atoms with Gasteiger partial charge in [0, 0.05) is 0 Å². The normalized spacial score (nSPS) is 14.6. The van der Waals surface area contributed by atoms with E-state index < -0.39 is 12.6 Å². The molecule has 1 fully saturated rings. The molecule has 0 amide bonds. The van der Waals surface area contributed by atoms with E-state index in [9.17, 15) is 9.59 Å². The molecule has 4 rings (SSSR count). The molecular weight excluding hydrogens is 360 g/mol. The fraction of sp³-hybridized carbons (Fsp3) is 0.400. The third kappa shape index (κ3) is 3.26. The number of ether oxygens (including phenoxy) is 1. The number of fused-ring (bicyclic) bond motifs is 1. The first-order valence-electron chi connectivity index (χ1n) is 9.54. The molecule has 2 aromatic heterocycles. The van der Waals surface area contributed by atoms with E-state index in [1.54, 1.807) is 24.3 Å². The van der Waals surface area contributed by atoms with Gasteiger partial charge < -0.3 is 14.8 Å². The van der Waals surface area contributed by atoms with Crippen LogP contribution in [0.4, 0.5) is 0 Å². The van der Waals surface area contributed by atoms with Crippen molar-refractivity contribution in [3.8, 4) is 17.1 Å². The van der Waals surface area contributed by atoms with Crippen LogP contribution in [0.5, 0.6) is 5.75 Å². The first kappa shape index (κ1) is 18.2. The van der Waals surface area contributed by atoms with Crippen molar-refractivity contribution in [3.05, 3.63) is 40.3 Å². The molecule has 0 atom stereocenters. The van der Waals surface area contributed by atoms with Gasteiger partial charge in [-0.25, -0.2) is 14.5 Å². The van der Waals surface area contributed by atoms with Crippen molar-refractivity contribution in [2.24, 2.45) is 0 Å². The zero-order chi connectivity index (χ0) is 19.7. The molecule has 1 aliphatic rings. The van der Waals surface area contributed by atoms with Crippen molar-refractivity contribution in [1.82, 2.24) is 19.7 Å². The van der Waals surface area contributed by atoms with Gasteiger partial charge in [0.05, 0.1) is 17.3 Å². The highest BCUT2D eigenvalue weighted by Crippen LogP contribution is 2.33. The average molecular weight is 382 g/mol. The third-order valence-electron chi connectivity index (χ3n) is 5.13. The first-order chi connectivity index (χ1) is 13.6. The van der Waals surface area contributed by atoms with Gasteiger partial charge in [0.1, 0.15) is 17.0 Å². The van der Waals surface area contributed by atoms with Gasteiger partial charge in [0.15, 0.2) is 12.3 Å². The van der Waals surface area contributed by atoms with Crippen LogP contribution in [0.3, 0.4) is 0 Å². The van der Waals surface area contributed by atoms with Crippen LogP contribution in [-0.2, 0) is 11.2 Å². The smallest absolute Gasteiger partial charge is 0.341 e. The number of hydrogen-bond donors (Lipinski definition) is 2. The Morgan fingerprint density at radius 2 is 2.07 bits per heavy atom. The summed E-state index contributed by atoms with van der Waals surface area (Å²) < 4.78 is 7.28. The Kier molecular flexibility index (Phi) is 4.85. The summed E-state index contributed by atoms with van der Waals surface area (Å²) in [5.41, 5.74) is 1.63. The second-order valence-electron chi connectivity index (χ2n) is 6.97. The van der Waals surface area contributed by atoms with Gasteiger partial charge in [0.2, 0.25) is 0 Å². The fourth-order valence-corrected chi connectivity index (χ4v) is 3.82. The summed E-state index contributed by atoms with van der Waals surface area (Å²) in [5.74, 6) is -0.367. The van der Waals surface area contributed by atoms with Crippen molar-refractivity contribution in [2.45, 2.75) is 45.1 Å². The van der Waals surface area contributed by atoms with E-state index in [-0.39, 0.29) is 11.6 Å². The Hall–Kier alpha value is -3.16. The molecule has 146 valence electrons. The molecule has 0 bridgehead atoms. The molecule has 28 heavy (non-hydrogen) atoms. The van der Waals surface area contributed by atoms with Gasteiger partial charge in [-0.2, -0.15) is 5.10 Å². The highest BCUT2D eigenvalue weighted by molar-refractivity contribution is 5.80. The second-order valence-corrected chi connectivity index (χ2v) is 6.97. The van der Waals surface area contributed by atoms with Gasteiger partial charge in [-0.15, -0.1) is 0 Å². The maximum atomic E-state index is 12.9. The van der Waals surface area contributed by atoms with Crippen molar-refractivity contribution < 1.29 is 14.6 Å². The van der Waals surface area contributed by atoms with Crippen molar-refractivity contribution in [1.29, 1.82) is 0 Å². The minimum Gasteiger partial charge on any atom is -0.481 e. The Bertz CT molecular complexity index is 1080. The molecule has 2 N–H and O–H groups in total. The number of para-hydroxylation sites is 1. The van der Waals surface area contributed by atoms with E-state index in [4.69, 9.17) is 19.9 Å². The molecule has 3 aromatic rings. The van der Waals surface area contributed by atoms with Crippen LogP contribution >= 0.6 is 0 Å². The maximum absolute atomic E-state index is 12.9. The van der Waals surface area contributed by atoms with Crippen LogP contribution in [0.15, 0.2) is 29.1 Å². The van der Waals surface area contributed by atoms with Crippen LogP contribution in [0, 0.1) is 0 Å². The maximum Gasteiger partial charge on any atom is 0.341 e. The second kappa shape index (κ2) is 7.46. The number of carbonyl (C=O) groups is 1. The van der Waals surface area contributed by atoms with Crippen molar-refractivity contribution >= 4 is 17.0 Å². The summed E-state index contributed by atoms with van der Waals surface area (Å²) in [6.07, 6.45) is 5.01. The quantitative estimate of drug-likeness (QED) is 0.678. The molecule has 1 saturated carbocycles. The van der Waals surface area contributed by atoms with E-state index in [1.165, 1.54) is 0 Å². The fourth-order valence-electron chi connectivity index (χ4n) is 3.82. The number of benzene rings is 1. The third-order valence-corrected chi connectivity index (χ3v) is 5.13.